The fraction of sp³-hybridized carbons (Fsp3) is 0.111. The third-order valence-corrected chi connectivity index (χ3v) is 4.43. The highest BCUT2D eigenvalue weighted by molar-refractivity contribution is 8.01. The second kappa shape index (κ2) is 4.36. The van der Waals surface area contributed by atoms with Crippen LogP contribution < -0.4 is 0 Å². The molecule has 0 unspecified atom stereocenters. The topological polar surface area (TPSA) is 77.5 Å². The molecule has 1 aromatic rings. The number of benzene rings is 1. The van der Waals surface area contributed by atoms with E-state index in [9.17, 15) is 16.8 Å². The van der Waals surface area contributed by atoms with Crippen molar-refractivity contribution in [2.75, 3.05) is 0 Å². The van der Waals surface area contributed by atoms with E-state index in [1.54, 1.807) is 6.92 Å². The molecule has 0 saturated heterocycles. The van der Waals surface area contributed by atoms with Crippen LogP contribution in [0.5, 0.6) is 0 Å². The van der Waals surface area contributed by atoms with E-state index >= 15 is 0 Å². The van der Waals surface area contributed by atoms with E-state index in [-0.39, 0.29) is 4.90 Å². The highest BCUT2D eigenvalue weighted by atomic mass is 32.3. The van der Waals surface area contributed by atoms with E-state index in [2.05, 4.69) is 10.2 Å². The Hall–Kier alpha value is -1.18. The van der Waals surface area contributed by atoms with Crippen LogP contribution in [0.2, 0.25) is 0 Å². The van der Waals surface area contributed by atoms with E-state index in [0.29, 0.717) is 5.41 Å². The van der Waals surface area contributed by atoms with Crippen molar-refractivity contribution in [3.8, 4) is 0 Å². The molecule has 5 nitrogen and oxygen atoms in total. The highest BCUT2D eigenvalue weighted by Gasteiger charge is 2.22. The molecular weight excluding hydrogens is 252 g/mol. The Labute approximate surface area is 94.6 Å². The second-order valence-corrected chi connectivity index (χ2v) is 6.24. The number of hydrogen-bond donors (Lipinski definition) is 0. The van der Waals surface area contributed by atoms with Gasteiger partial charge in [-0.3, -0.25) is 0 Å². The van der Waals surface area contributed by atoms with Crippen LogP contribution in [0.4, 0.5) is 0 Å². The summed E-state index contributed by atoms with van der Waals surface area (Å²) in [4.78, 5) is -0.219. The SMILES string of the molecule is C=CS(=O)(=O)OS(=O)(=O)c1ccc(C)cc1. The first-order valence-electron chi connectivity index (χ1n) is 4.17. The van der Waals surface area contributed by atoms with Crippen molar-refractivity contribution in [2.24, 2.45) is 0 Å². The molecule has 0 spiro atoms. The average molecular weight is 262 g/mol. The van der Waals surface area contributed by atoms with Crippen LogP contribution >= 0.6 is 0 Å². The predicted molar refractivity (Wildman–Crippen MR) is 58.6 cm³/mol. The molecule has 0 bridgehead atoms. The maximum atomic E-state index is 11.5. The Morgan fingerprint density at radius 3 is 2.06 bits per heavy atom. The number of hydrogen-bond acceptors (Lipinski definition) is 5. The lowest BCUT2D eigenvalue weighted by Crippen LogP contribution is -2.11. The fourth-order valence-corrected chi connectivity index (χ4v) is 2.90. The summed E-state index contributed by atoms with van der Waals surface area (Å²) < 4.78 is 48.8. The lowest BCUT2D eigenvalue weighted by molar-refractivity contribution is 0.469. The van der Waals surface area contributed by atoms with Crippen LogP contribution in [0, 0.1) is 6.92 Å². The van der Waals surface area contributed by atoms with E-state index in [4.69, 9.17) is 0 Å². The first-order valence-corrected chi connectivity index (χ1v) is 7.05. The molecule has 0 aliphatic carbocycles. The Balaban J connectivity index is 3.14. The molecule has 0 amide bonds. The molecule has 0 atom stereocenters. The molecule has 1 aromatic carbocycles. The fourth-order valence-electron chi connectivity index (χ4n) is 0.897. The van der Waals surface area contributed by atoms with Crippen LogP contribution in [-0.4, -0.2) is 16.8 Å². The van der Waals surface area contributed by atoms with Gasteiger partial charge in [-0.2, -0.15) is 16.8 Å². The molecule has 16 heavy (non-hydrogen) atoms. The minimum absolute atomic E-state index is 0.219. The molecule has 1 rings (SSSR count). The molecule has 0 N–H and O–H groups in total. The lowest BCUT2D eigenvalue weighted by Gasteiger charge is -2.03. The smallest absolute Gasteiger partial charge is 0.194 e. The molecule has 0 aromatic heterocycles. The number of rotatable bonds is 4. The zero-order valence-corrected chi connectivity index (χ0v) is 10.1. The van der Waals surface area contributed by atoms with Gasteiger partial charge < -0.3 is 0 Å². The zero-order chi connectivity index (χ0) is 12.4. The first kappa shape index (κ1) is 12.9. The van der Waals surface area contributed by atoms with Crippen LogP contribution in [-0.2, 0) is 23.9 Å². The molecule has 0 fully saturated rings. The van der Waals surface area contributed by atoms with Gasteiger partial charge in [-0.05, 0) is 19.1 Å². The second-order valence-electron chi connectivity index (χ2n) is 2.99. The third-order valence-electron chi connectivity index (χ3n) is 1.70. The summed E-state index contributed by atoms with van der Waals surface area (Å²) in [7, 11) is -8.57. The normalized spacial score (nSPS) is 12.3. The molecule has 0 saturated carbocycles. The van der Waals surface area contributed by atoms with Gasteiger partial charge in [-0.1, -0.05) is 24.3 Å². The zero-order valence-electron chi connectivity index (χ0n) is 8.45. The van der Waals surface area contributed by atoms with Crippen molar-refractivity contribution in [1.29, 1.82) is 0 Å². The Bertz CT molecular complexity index is 581. The third kappa shape index (κ3) is 3.16. The monoisotopic (exact) mass is 262 g/mol. The van der Waals surface area contributed by atoms with E-state index in [0.717, 1.165) is 5.56 Å². The van der Waals surface area contributed by atoms with Gasteiger partial charge in [0, 0.05) is 0 Å². The first-order chi connectivity index (χ1) is 7.27. The lowest BCUT2D eigenvalue weighted by atomic mass is 10.2. The van der Waals surface area contributed by atoms with Gasteiger partial charge in [0.1, 0.15) is 0 Å². The Morgan fingerprint density at radius 2 is 1.62 bits per heavy atom. The highest BCUT2D eigenvalue weighted by Crippen LogP contribution is 2.15. The summed E-state index contributed by atoms with van der Waals surface area (Å²) >= 11 is 0. The predicted octanol–water partition coefficient (Wildman–Crippen LogP) is 1.17. The van der Waals surface area contributed by atoms with Crippen molar-refractivity contribution in [3.05, 3.63) is 41.8 Å². The van der Waals surface area contributed by atoms with Crippen molar-refractivity contribution in [1.82, 2.24) is 0 Å². The largest absolute Gasteiger partial charge is 0.311 e. The summed E-state index contributed by atoms with van der Waals surface area (Å²) in [5.41, 5.74) is 0.852. The quantitative estimate of drug-likeness (QED) is 0.814. The van der Waals surface area contributed by atoms with Crippen molar-refractivity contribution < 1.29 is 20.5 Å². The van der Waals surface area contributed by atoms with Gasteiger partial charge in [0.05, 0.1) is 10.3 Å². The van der Waals surface area contributed by atoms with Gasteiger partial charge in [-0.25, -0.2) is 0 Å². The van der Waals surface area contributed by atoms with Gasteiger partial charge in [0.25, 0.3) is 0 Å². The molecule has 0 heterocycles. The van der Waals surface area contributed by atoms with Crippen LogP contribution in [0.15, 0.2) is 41.1 Å². The maximum Gasteiger partial charge on any atom is 0.311 e. The summed E-state index contributed by atoms with van der Waals surface area (Å²) in [5, 5.41) is 0.429. The van der Waals surface area contributed by atoms with Crippen molar-refractivity contribution in [2.45, 2.75) is 11.8 Å². The molecule has 0 aliphatic heterocycles. The van der Waals surface area contributed by atoms with E-state index < -0.39 is 20.2 Å². The van der Waals surface area contributed by atoms with Gasteiger partial charge in [0.2, 0.25) is 0 Å². The van der Waals surface area contributed by atoms with Crippen molar-refractivity contribution in [3.63, 3.8) is 0 Å². The van der Waals surface area contributed by atoms with E-state index in [1.807, 2.05) is 0 Å². The molecule has 0 radical (unpaired) electrons. The molecule has 7 heteroatoms. The molecular formula is C9H10O5S2. The van der Waals surface area contributed by atoms with E-state index in [1.165, 1.54) is 24.3 Å². The summed E-state index contributed by atoms with van der Waals surface area (Å²) in [6.45, 7) is 4.72. The standard InChI is InChI=1S/C9H10O5S2/c1-3-15(10,11)14-16(12,13)9-6-4-8(2)5-7-9/h3-7H,1H2,2H3. The maximum absolute atomic E-state index is 11.5. The van der Waals surface area contributed by atoms with Crippen LogP contribution in [0.1, 0.15) is 5.56 Å². The van der Waals surface area contributed by atoms with Gasteiger partial charge >= 0.3 is 20.2 Å². The summed E-state index contributed by atoms with van der Waals surface area (Å²) in [6.07, 6.45) is 0. The average Bonchev–Trinajstić information content (AvgIpc) is 2.17. The molecule has 0 aliphatic rings. The van der Waals surface area contributed by atoms with Crippen LogP contribution in [0.25, 0.3) is 0 Å². The van der Waals surface area contributed by atoms with Gasteiger partial charge in [0.15, 0.2) is 0 Å². The summed E-state index contributed by atoms with van der Waals surface area (Å²) in [6, 6.07) is 5.61. The minimum atomic E-state index is -4.31. The van der Waals surface area contributed by atoms with Crippen LogP contribution in [0.3, 0.4) is 0 Å². The number of aryl methyl sites for hydroxylation is 1. The Morgan fingerprint density at radius 1 is 1.12 bits per heavy atom. The molecule has 88 valence electrons. The Kier molecular flexibility index (Phi) is 3.51. The van der Waals surface area contributed by atoms with Gasteiger partial charge in [-0.15, -0.1) is 3.63 Å². The van der Waals surface area contributed by atoms with Crippen molar-refractivity contribution >= 4 is 20.2 Å². The summed E-state index contributed by atoms with van der Waals surface area (Å²) in [5.74, 6) is 0. The minimum Gasteiger partial charge on any atom is -0.194 e.